The highest BCUT2D eigenvalue weighted by Gasteiger charge is 2.21. The van der Waals surface area contributed by atoms with E-state index in [1.807, 2.05) is 4.90 Å². The largest absolute Gasteiger partial charge is 0.393 e. The van der Waals surface area contributed by atoms with Crippen LogP contribution in [0.25, 0.3) is 0 Å². The van der Waals surface area contributed by atoms with Crippen LogP contribution in [0.3, 0.4) is 0 Å². The second-order valence-corrected chi connectivity index (χ2v) is 4.97. The maximum absolute atomic E-state index is 11.8. The fourth-order valence-corrected chi connectivity index (χ4v) is 2.59. The maximum atomic E-state index is 11.8. The Morgan fingerprint density at radius 2 is 1.81 bits per heavy atom. The van der Waals surface area contributed by atoms with Gasteiger partial charge in [0.25, 0.3) is 0 Å². The van der Waals surface area contributed by atoms with Crippen molar-refractivity contribution in [2.75, 3.05) is 19.6 Å². The van der Waals surface area contributed by atoms with Crippen LogP contribution in [0.2, 0.25) is 0 Å². The smallest absolute Gasteiger partial charge is 0.236 e. The van der Waals surface area contributed by atoms with Crippen molar-refractivity contribution < 1.29 is 9.90 Å². The normalized spacial score (nSPS) is 30.7. The van der Waals surface area contributed by atoms with Gasteiger partial charge >= 0.3 is 0 Å². The lowest BCUT2D eigenvalue weighted by Gasteiger charge is -2.26. The Hall–Kier alpha value is -0.610. The number of nitrogens with one attached hydrogen (secondary N) is 1. The van der Waals surface area contributed by atoms with Gasteiger partial charge in [0.15, 0.2) is 0 Å². The lowest BCUT2D eigenvalue weighted by atomic mass is 9.93. The van der Waals surface area contributed by atoms with Crippen LogP contribution in [0, 0.1) is 0 Å². The highest BCUT2D eigenvalue weighted by atomic mass is 16.3. The van der Waals surface area contributed by atoms with Gasteiger partial charge < -0.3 is 15.3 Å². The molecule has 0 radical (unpaired) electrons. The number of aliphatic hydroxyl groups is 1. The molecule has 0 unspecified atom stereocenters. The average molecular weight is 226 g/mol. The summed E-state index contributed by atoms with van der Waals surface area (Å²) in [4.78, 5) is 13.7. The predicted molar refractivity (Wildman–Crippen MR) is 62.1 cm³/mol. The van der Waals surface area contributed by atoms with Gasteiger partial charge in [0.2, 0.25) is 5.91 Å². The molecule has 1 saturated heterocycles. The summed E-state index contributed by atoms with van der Waals surface area (Å²) in [5, 5.41) is 12.7. The lowest BCUT2D eigenvalue weighted by Crippen LogP contribution is -2.42. The molecule has 0 aromatic rings. The van der Waals surface area contributed by atoms with Crippen molar-refractivity contribution in [1.29, 1.82) is 0 Å². The van der Waals surface area contributed by atoms with Crippen LogP contribution in [0.1, 0.15) is 38.5 Å². The average Bonchev–Trinajstić information content (AvgIpc) is 2.81. The van der Waals surface area contributed by atoms with E-state index in [-0.39, 0.29) is 12.0 Å². The Bertz CT molecular complexity index is 231. The Labute approximate surface area is 97.0 Å². The summed E-state index contributed by atoms with van der Waals surface area (Å²) in [7, 11) is 0. The number of hydrogen-bond acceptors (Lipinski definition) is 3. The zero-order valence-electron chi connectivity index (χ0n) is 9.82. The molecule has 0 bridgehead atoms. The van der Waals surface area contributed by atoms with Gasteiger partial charge in [-0.05, 0) is 38.5 Å². The number of aliphatic hydroxyl groups excluding tert-OH is 1. The van der Waals surface area contributed by atoms with Crippen molar-refractivity contribution in [2.45, 2.75) is 50.7 Å². The van der Waals surface area contributed by atoms with Crippen LogP contribution in [0.4, 0.5) is 0 Å². The second kappa shape index (κ2) is 5.64. The van der Waals surface area contributed by atoms with Crippen LogP contribution in [0.5, 0.6) is 0 Å². The highest BCUT2D eigenvalue weighted by Crippen LogP contribution is 2.18. The van der Waals surface area contributed by atoms with E-state index in [2.05, 4.69) is 5.32 Å². The van der Waals surface area contributed by atoms with Crippen molar-refractivity contribution in [3.8, 4) is 0 Å². The molecule has 0 aromatic heterocycles. The van der Waals surface area contributed by atoms with Crippen LogP contribution in [-0.4, -0.2) is 47.7 Å². The van der Waals surface area contributed by atoms with Crippen molar-refractivity contribution in [3.63, 3.8) is 0 Å². The number of amides is 1. The Kier molecular flexibility index (Phi) is 4.18. The standard InChI is InChI=1S/C12H22N2O2/c15-11-5-3-10(4-6-11)13-9-12(16)14-7-1-2-8-14/h10-11,13,15H,1-9H2. The van der Waals surface area contributed by atoms with E-state index in [4.69, 9.17) is 0 Å². The molecule has 1 aliphatic carbocycles. The van der Waals surface area contributed by atoms with E-state index in [1.165, 1.54) is 0 Å². The summed E-state index contributed by atoms with van der Waals surface area (Å²) in [6.45, 7) is 2.34. The quantitative estimate of drug-likeness (QED) is 0.737. The number of carbonyl (C=O) groups is 1. The molecule has 1 aliphatic heterocycles. The maximum Gasteiger partial charge on any atom is 0.236 e. The molecular formula is C12H22N2O2. The van der Waals surface area contributed by atoms with Crippen molar-refractivity contribution in [3.05, 3.63) is 0 Å². The van der Waals surface area contributed by atoms with Crippen LogP contribution >= 0.6 is 0 Å². The van der Waals surface area contributed by atoms with Gasteiger partial charge in [-0.25, -0.2) is 0 Å². The molecule has 4 nitrogen and oxygen atoms in total. The summed E-state index contributed by atoms with van der Waals surface area (Å²) in [5.74, 6) is 0.239. The number of likely N-dealkylation sites (tertiary alicyclic amines) is 1. The topological polar surface area (TPSA) is 52.6 Å². The molecule has 2 aliphatic rings. The molecular weight excluding hydrogens is 204 g/mol. The van der Waals surface area contributed by atoms with Gasteiger partial charge in [-0.3, -0.25) is 4.79 Å². The SMILES string of the molecule is O=C(CNC1CCC(O)CC1)N1CCCC1. The minimum absolute atomic E-state index is 0.118. The second-order valence-electron chi connectivity index (χ2n) is 4.97. The van der Waals surface area contributed by atoms with Crippen LogP contribution < -0.4 is 5.32 Å². The minimum Gasteiger partial charge on any atom is -0.393 e. The fourth-order valence-electron chi connectivity index (χ4n) is 2.59. The Morgan fingerprint density at radius 3 is 2.44 bits per heavy atom. The van der Waals surface area contributed by atoms with Gasteiger partial charge in [-0.2, -0.15) is 0 Å². The zero-order chi connectivity index (χ0) is 11.4. The molecule has 0 atom stereocenters. The molecule has 2 rings (SSSR count). The number of hydrogen-bond donors (Lipinski definition) is 2. The molecule has 2 fully saturated rings. The number of carbonyl (C=O) groups excluding carboxylic acids is 1. The van der Waals surface area contributed by atoms with E-state index in [0.29, 0.717) is 12.6 Å². The molecule has 0 aromatic carbocycles. The van der Waals surface area contributed by atoms with Gasteiger partial charge in [0, 0.05) is 19.1 Å². The number of rotatable bonds is 3. The van der Waals surface area contributed by atoms with Gasteiger partial charge in [-0.1, -0.05) is 0 Å². The lowest BCUT2D eigenvalue weighted by molar-refractivity contribution is -0.129. The van der Waals surface area contributed by atoms with E-state index in [0.717, 1.165) is 51.6 Å². The van der Waals surface area contributed by atoms with Crippen LogP contribution in [0.15, 0.2) is 0 Å². The highest BCUT2D eigenvalue weighted by molar-refractivity contribution is 5.78. The van der Waals surface area contributed by atoms with Gasteiger partial charge in [0.05, 0.1) is 12.6 Å². The third kappa shape index (κ3) is 3.19. The minimum atomic E-state index is -0.118. The molecule has 1 heterocycles. The third-order valence-corrected chi connectivity index (χ3v) is 3.70. The molecule has 1 saturated carbocycles. The summed E-state index contributed by atoms with van der Waals surface area (Å²) in [6.07, 6.45) is 5.92. The summed E-state index contributed by atoms with van der Waals surface area (Å²) >= 11 is 0. The predicted octanol–water partition coefficient (Wildman–Crippen LogP) is 0.502. The fraction of sp³-hybridized carbons (Fsp3) is 0.917. The molecule has 92 valence electrons. The zero-order valence-corrected chi connectivity index (χ0v) is 9.82. The Morgan fingerprint density at radius 1 is 1.19 bits per heavy atom. The Balaban J connectivity index is 1.65. The van der Waals surface area contributed by atoms with E-state index >= 15 is 0 Å². The first-order valence-corrected chi connectivity index (χ1v) is 6.45. The van der Waals surface area contributed by atoms with E-state index in [1.54, 1.807) is 0 Å². The summed E-state index contributed by atoms with van der Waals surface area (Å²) in [6, 6.07) is 0.426. The molecule has 0 spiro atoms. The first-order chi connectivity index (χ1) is 7.75. The van der Waals surface area contributed by atoms with Gasteiger partial charge in [-0.15, -0.1) is 0 Å². The molecule has 1 amide bonds. The van der Waals surface area contributed by atoms with Crippen molar-refractivity contribution in [2.24, 2.45) is 0 Å². The first kappa shape index (κ1) is 11.9. The first-order valence-electron chi connectivity index (χ1n) is 6.45. The van der Waals surface area contributed by atoms with Crippen molar-refractivity contribution >= 4 is 5.91 Å². The molecule has 2 N–H and O–H groups in total. The summed E-state index contributed by atoms with van der Waals surface area (Å²) < 4.78 is 0. The van der Waals surface area contributed by atoms with E-state index < -0.39 is 0 Å². The summed E-state index contributed by atoms with van der Waals surface area (Å²) in [5.41, 5.74) is 0. The van der Waals surface area contributed by atoms with Gasteiger partial charge in [0.1, 0.15) is 0 Å². The third-order valence-electron chi connectivity index (χ3n) is 3.70. The molecule has 4 heteroatoms. The van der Waals surface area contributed by atoms with Crippen molar-refractivity contribution in [1.82, 2.24) is 10.2 Å². The molecule has 16 heavy (non-hydrogen) atoms. The number of nitrogens with zero attached hydrogens (tertiary/aromatic N) is 1. The van der Waals surface area contributed by atoms with E-state index in [9.17, 15) is 9.90 Å². The van der Waals surface area contributed by atoms with Crippen LogP contribution in [-0.2, 0) is 4.79 Å². The monoisotopic (exact) mass is 226 g/mol.